The second kappa shape index (κ2) is 5.33. The molecule has 0 saturated heterocycles. The Hall–Kier alpha value is -1.36. The van der Waals surface area contributed by atoms with Gasteiger partial charge in [-0.05, 0) is 46.5 Å². The summed E-state index contributed by atoms with van der Waals surface area (Å²) >= 11 is 0. The van der Waals surface area contributed by atoms with E-state index in [0.29, 0.717) is 5.92 Å². The molecule has 1 aliphatic rings. The van der Waals surface area contributed by atoms with Gasteiger partial charge in [0.25, 0.3) is 0 Å². The number of aliphatic carboxylic acids is 1. The number of aromatic nitrogens is 2. The van der Waals surface area contributed by atoms with E-state index in [0.717, 1.165) is 36.3 Å². The third-order valence-corrected chi connectivity index (χ3v) is 3.96. The molecule has 1 aromatic heterocycles. The second-order valence-corrected chi connectivity index (χ2v) is 5.44. The van der Waals surface area contributed by atoms with Crippen LogP contribution in [0.15, 0.2) is 0 Å². The average Bonchev–Trinajstić information content (AvgIpc) is 3.12. The number of nitrogens with zero attached hydrogens (tertiary/aromatic N) is 2. The second-order valence-electron chi connectivity index (χ2n) is 5.44. The highest BCUT2D eigenvalue weighted by Crippen LogP contribution is 2.34. The van der Waals surface area contributed by atoms with E-state index in [1.165, 1.54) is 0 Å². The first kappa shape index (κ1) is 14.1. The lowest BCUT2D eigenvalue weighted by Crippen LogP contribution is -2.40. The minimum Gasteiger partial charge on any atom is -0.480 e. The monoisotopic (exact) mass is 265 g/mol. The molecule has 5 nitrogen and oxygen atoms in total. The first-order valence-corrected chi connectivity index (χ1v) is 6.98. The standard InChI is InChI=1S/C14H23N3O2/c1-5-17-10(4)12(9(3)16-17)8(2)15-13(14(18)19)11-6-7-11/h8,11,13,15H,5-7H2,1-4H3,(H,18,19). The Morgan fingerprint density at radius 2 is 2.16 bits per heavy atom. The van der Waals surface area contributed by atoms with E-state index in [2.05, 4.69) is 17.3 Å². The fourth-order valence-corrected chi connectivity index (χ4v) is 2.84. The molecule has 1 saturated carbocycles. The van der Waals surface area contributed by atoms with Crippen molar-refractivity contribution in [3.8, 4) is 0 Å². The van der Waals surface area contributed by atoms with Crippen LogP contribution in [0.1, 0.15) is 49.7 Å². The summed E-state index contributed by atoms with van der Waals surface area (Å²) in [5.41, 5.74) is 3.24. The zero-order valence-electron chi connectivity index (χ0n) is 12.1. The van der Waals surface area contributed by atoms with Gasteiger partial charge in [-0.25, -0.2) is 0 Å². The molecule has 2 rings (SSSR count). The van der Waals surface area contributed by atoms with E-state index in [9.17, 15) is 9.90 Å². The van der Waals surface area contributed by atoms with Gasteiger partial charge in [0.05, 0.1) is 5.69 Å². The van der Waals surface area contributed by atoms with Crippen molar-refractivity contribution < 1.29 is 9.90 Å². The van der Waals surface area contributed by atoms with Crippen LogP contribution in [-0.2, 0) is 11.3 Å². The van der Waals surface area contributed by atoms with E-state index in [1.807, 2.05) is 25.5 Å². The lowest BCUT2D eigenvalue weighted by Gasteiger charge is -2.20. The van der Waals surface area contributed by atoms with E-state index in [-0.39, 0.29) is 6.04 Å². The van der Waals surface area contributed by atoms with Crippen molar-refractivity contribution in [1.82, 2.24) is 15.1 Å². The Balaban J connectivity index is 2.17. The van der Waals surface area contributed by atoms with Crippen molar-refractivity contribution in [3.05, 3.63) is 17.0 Å². The summed E-state index contributed by atoms with van der Waals surface area (Å²) in [6, 6.07) is -0.416. The summed E-state index contributed by atoms with van der Waals surface area (Å²) in [4.78, 5) is 11.3. The van der Waals surface area contributed by atoms with Gasteiger partial charge in [0, 0.05) is 23.8 Å². The zero-order valence-corrected chi connectivity index (χ0v) is 12.1. The van der Waals surface area contributed by atoms with Gasteiger partial charge in [-0.3, -0.25) is 14.8 Å². The van der Waals surface area contributed by atoms with Crippen LogP contribution in [0.5, 0.6) is 0 Å². The highest BCUT2D eigenvalue weighted by molar-refractivity contribution is 5.74. The summed E-state index contributed by atoms with van der Waals surface area (Å²) < 4.78 is 1.97. The number of carboxylic acid groups (broad SMARTS) is 1. The van der Waals surface area contributed by atoms with Crippen molar-refractivity contribution >= 4 is 5.97 Å². The van der Waals surface area contributed by atoms with Crippen LogP contribution < -0.4 is 5.32 Å². The number of rotatable bonds is 6. The Kier molecular flexibility index (Phi) is 3.94. The van der Waals surface area contributed by atoms with Gasteiger partial charge in [0.1, 0.15) is 6.04 Å². The summed E-state index contributed by atoms with van der Waals surface area (Å²) in [7, 11) is 0. The van der Waals surface area contributed by atoms with Crippen molar-refractivity contribution in [1.29, 1.82) is 0 Å². The largest absolute Gasteiger partial charge is 0.480 e. The van der Waals surface area contributed by atoms with Crippen LogP contribution >= 0.6 is 0 Å². The predicted molar refractivity (Wildman–Crippen MR) is 73.1 cm³/mol. The molecular weight excluding hydrogens is 242 g/mol. The molecule has 1 heterocycles. The first-order chi connectivity index (χ1) is 8.95. The van der Waals surface area contributed by atoms with E-state index in [1.54, 1.807) is 0 Å². The summed E-state index contributed by atoms with van der Waals surface area (Å²) in [6.45, 7) is 8.95. The number of carboxylic acids is 1. The molecule has 1 aromatic rings. The fraction of sp³-hybridized carbons (Fsp3) is 0.714. The van der Waals surface area contributed by atoms with Crippen molar-refractivity contribution in [3.63, 3.8) is 0 Å². The van der Waals surface area contributed by atoms with Gasteiger partial charge in [0.2, 0.25) is 0 Å². The van der Waals surface area contributed by atoms with Gasteiger partial charge in [-0.15, -0.1) is 0 Å². The van der Waals surface area contributed by atoms with Gasteiger partial charge >= 0.3 is 5.97 Å². The topological polar surface area (TPSA) is 67.2 Å². The molecule has 0 radical (unpaired) electrons. The number of hydrogen-bond acceptors (Lipinski definition) is 3. The lowest BCUT2D eigenvalue weighted by molar-refractivity contribution is -0.140. The zero-order chi connectivity index (χ0) is 14.2. The number of nitrogens with one attached hydrogen (secondary N) is 1. The summed E-state index contributed by atoms with van der Waals surface area (Å²) in [6.07, 6.45) is 2.03. The summed E-state index contributed by atoms with van der Waals surface area (Å²) in [5, 5.41) is 17.0. The lowest BCUT2D eigenvalue weighted by atomic mass is 10.0. The Labute approximate surface area is 114 Å². The van der Waals surface area contributed by atoms with Gasteiger partial charge < -0.3 is 5.11 Å². The first-order valence-electron chi connectivity index (χ1n) is 6.98. The van der Waals surface area contributed by atoms with Crippen molar-refractivity contribution in [2.75, 3.05) is 0 Å². The maximum atomic E-state index is 11.3. The molecule has 1 fully saturated rings. The molecule has 0 aliphatic heterocycles. The average molecular weight is 265 g/mol. The number of hydrogen-bond donors (Lipinski definition) is 2. The normalized spacial score (nSPS) is 18.3. The van der Waals surface area contributed by atoms with Crippen LogP contribution in [0.4, 0.5) is 0 Å². The van der Waals surface area contributed by atoms with Crippen LogP contribution in [0.25, 0.3) is 0 Å². The van der Waals surface area contributed by atoms with Gasteiger partial charge in [-0.1, -0.05) is 0 Å². The van der Waals surface area contributed by atoms with Crippen molar-refractivity contribution in [2.45, 2.75) is 59.2 Å². The number of aryl methyl sites for hydroxylation is 2. The molecule has 1 aliphatic carbocycles. The molecule has 5 heteroatoms. The highest BCUT2D eigenvalue weighted by Gasteiger charge is 2.37. The molecule has 0 spiro atoms. The molecular formula is C14H23N3O2. The molecule has 2 unspecified atom stereocenters. The third-order valence-electron chi connectivity index (χ3n) is 3.96. The van der Waals surface area contributed by atoms with Crippen molar-refractivity contribution in [2.24, 2.45) is 5.92 Å². The highest BCUT2D eigenvalue weighted by atomic mass is 16.4. The van der Waals surface area contributed by atoms with Crippen LogP contribution in [0.3, 0.4) is 0 Å². The Morgan fingerprint density at radius 3 is 2.58 bits per heavy atom. The molecule has 0 aromatic carbocycles. The minimum absolute atomic E-state index is 0.0157. The van der Waals surface area contributed by atoms with Crippen LogP contribution in [0, 0.1) is 19.8 Å². The fourth-order valence-electron chi connectivity index (χ4n) is 2.84. The number of carbonyl (C=O) groups is 1. The third kappa shape index (κ3) is 2.81. The van der Waals surface area contributed by atoms with Gasteiger partial charge in [0.15, 0.2) is 0 Å². The van der Waals surface area contributed by atoms with Crippen LogP contribution in [-0.4, -0.2) is 26.9 Å². The summed E-state index contributed by atoms with van der Waals surface area (Å²) in [5.74, 6) is -0.450. The molecule has 2 atom stereocenters. The smallest absolute Gasteiger partial charge is 0.320 e. The Morgan fingerprint density at radius 1 is 1.53 bits per heavy atom. The molecule has 0 amide bonds. The minimum atomic E-state index is -0.743. The quantitative estimate of drug-likeness (QED) is 0.826. The molecule has 19 heavy (non-hydrogen) atoms. The van der Waals surface area contributed by atoms with E-state index >= 15 is 0 Å². The maximum Gasteiger partial charge on any atom is 0.320 e. The van der Waals surface area contributed by atoms with E-state index in [4.69, 9.17) is 0 Å². The molecule has 0 bridgehead atoms. The van der Waals surface area contributed by atoms with Crippen LogP contribution in [0.2, 0.25) is 0 Å². The molecule has 106 valence electrons. The van der Waals surface area contributed by atoms with E-state index < -0.39 is 12.0 Å². The SMILES string of the molecule is CCn1nc(C)c(C(C)NC(C(=O)O)C2CC2)c1C. The van der Waals surface area contributed by atoms with Gasteiger partial charge in [-0.2, -0.15) is 5.10 Å². The maximum absolute atomic E-state index is 11.3. The predicted octanol–water partition coefficient (Wildman–Crippen LogP) is 2.03. The molecule has 2 N–H and O–H groups in total. The Bertz CT molecular complexity index is 477.